The van der Waals surface area contributed by atoms with Gasteiger partial charge in [-0.15, -0.1) is 6.58 Å². The molecule has 4 rings (SSSR count). The van der Waals surface area contributed by atoms with E-state index in [0.29, 0.717) is 41.2 Å². The molecule has 2 aliphatic carbocycles. The van der Waals surface area contributed by atoms with Crippen LogP contribution in [0.5, 0.6) is 5.75 Å². The van der Waals surface area contributed by atoms with Gasteiger partial charge in [0.1, 0.15) is 0 Å². The fourth-order valence-corrected chi connectivity index (χ4v) is 6.21. The second kappa shape index (κ2) is 13.0. The zero-order chi connectivity index (χ0) is 27.2. The molecule has 2 fully saturated rings. The van der Waals surface area contributed by atoms with Gasteiger partial charge in [-0.1, -0.05) is 18.2 Å². The Morgan fingerprint density at radius 3 is 1.97 bits per heavy atom. The first kappa shape index (κ1) is 28.4. The smallest absolute Gasteiger partial charge is 0.201 e. The van der Waals surface area contributed by atoms with Crippen LogP contribution in [-0.2, 0) is 6.42 Å². The first-order valence-corrected chi connectivity index (χ1v) is 14.2. The van der Waals surface area contributed by atoms with Gasteiger partial charge in [-0.2, -0.15) is 4.39 Å². The van der Waals surface area contributed by atoms with Crippen LogP contribution >= 0.6 is 0 Å². The first-order valence-electron chi connectivity index (χ1n) is 14.2. The molecule has 0 aromatic heterocycles. The standard InChI is InChI=1S/C33H40F4O/c1-4-22-6-8-23(9-7-22)10-11-24-12-14-25(15-13-24)16-17-26-21(3)20-28(32(36)30(26)34)27-18-19-29(38-5-2)33(37)31(27)35/h4,10-11,18-20,22-25H,1,5-9,12-17H2,2-3H3/b11-10+. The highest BCUT2D eigenvalue weighted by Gasteiger charge is 2.25. The van der Waals surface area contributed by atoms with E-state index in [9.17, 15) is 8.78 Å². The summed E-state index contributed by atoms with van der Waals surface area (Å²) >= 11 is 0. The Hall–Kier alpha value is -2.56. The molecule has 0 amide bonds. The monoisotopic (exact) mass is 528 g/mol. The molecule has 0 unspecified atom stereocenters. The third-order valence-electron chi connectivity index (χ3n) is 8.67. The lowest BCUT2D eigenvalue weighted by molar-refractivity contribution is 0.293. The van der Waals surface area contributed by atoms with Crippen LogP contribution in [0.15, 0.2) is 43.0 Å². The summed E-state index contributed by atoms with van der Waals surface area (Å²) in [6, 6.07) is 3.91. The highest BCUT2D eigenvalue weighted by Crippen LogP contribution is 2.37. The second-order valence-electron chi connectivity index (χ2n) is 11.1. The van der Waals surface area contributed by atoms with Crippen molar-refractivity contribution in [2.24, 2.45) is 23.7 Å². The van der Waals surface area contributed by atoms with Crippen molar-refractivity contribution in [2.75, 3.05) is 6.61 Å². The average Bonchev–Trinajstić information content (AvgIpc) is 2.93. The fourth-order valence-electron chi connectivity index (χ4n) is 6.21. The molecule has 0 radical (unpaired) electrons. The molecule has 0 bridgehead atoms. The van der Waals surface area contributed by atoms with Crippen molar-refractivity contribution in [2.45, 2.75) is 78.1 Å². The fraction of sp³-hybridized carbons (Fsp3) is 0.515. The Balaban J connectivity index is 1.34. The minimum Gasteiger partial charge on any atom is -0.491 e. The van der Waals surface area contributed by atoms with E-state index in [-0.39, 0.29) is 23.5 Å². The van der Waals surface area contributed by atoms with Gasteiger partial charge in [0.25, 0.3) is 0 Å². The van der Waals surface area contributed by atoms with E-state index >= 15 is 8.78 Å². The number of ether oxygens (including phenoxy) is 1. The zero-order valence-electron chi connectivity index (χ0n) is 22.7. The van der Waals surface area contributed by atoms with Gasteiger partial charge in [0, 0.05) is 11.1 Å². The van der Waals surface area contributed by atoms with Crippen molar-refractivity contribution in [1.29, 1.82) is 0 Å². The molecule has 0 N–H and O–H groups in total. The van der Waals surface area contributed by atoms with Crippen molar-refractivity contribution in [1.82, 2.24) is 0 Å². The second-order valence-corrected chi connectivity index (χ2v) is 11.1. The van der Waals surface area contributed by atoms with Crippen LogP contribution in [-0.4, -0.2) is 6.61 Å². The third kappa shape index (κ3) is 6.52. The number of hydrogen-bond donors (Lipinski definition) is 0. The predicted molar refractivity (Wildman–Crippen MR) is 146 cm³/mol. The van der Waals surface area contributed by atoms with Gasteiger partial charge in [-0.25, -0.2) is 13.2 Å². The Morgan fingerprint density at radius 1 is 0.789 bits per heavy atom. The summed E-state index contributed by atoms with van der Waals surface area (Å²) < 4.78 is 64.3. The van der Waals surface area contributed by atoms with Crippen LogP contribution in [0.25, 0.3) is 11.1 Å². The van der Waals surface area contributed by atoms with Crippen LogP contribution in [0.4, 0.5) is 17.6 Å². The molecule has 0 saturated heterocycles. The third-order valence-corrected chi connectivity index (χ3v) is 8.67. The molecule has 38 heavy (non-hydrogen) atoms. The molecule has 2 aromatic rings. The highest BCUT2D eigenvalue weighted by molar-refractivity contribution is 5.67. The highest BCUT2D eigenvalue weighted by atomic mass is 19.2. The molecule has 206 valence electrons. The van der Waals surface area contributed by atoms with Gasteiger partial charge < -0.3 is 4.74 Å². The molecular formula is C33H40F4O. The van der Waals surface area contributed by atoms with Crippen molar-refractivity contribution in [3.05, 3.63) is 77.4 Å². The number of benzene rings is 2. The van der Waals surface area contributed by atoms with E-state index in [1.165, 1.54) is 43.9 Å². The van der Waals surface area contributed by atoms with E-state index in [0.717, 1.165) is 32.1 Å². The van der Waals surface area contributed by atoms with Crippen molar-refractivity contribution < 1.29 is 22.3 Å². The van der Waals surface area contributed by atoms with Crippen LogP contribution in [0.1, 0.15) is 75.8 Å². The molecule has 0 spiro atoms. The van der Waals surface area contributed by atoms with Gasteiger partial charge in [0.05, 0.1) is 6.61 Å². The van der Waals surface area contributed by atoms with E-state index in [1.807, 2.05) is 0 Å². The Bertz CT molecular complexity index is 1140. The average molecular weight is 529 g/mol. The maximum atomic E-state index is 15.2. The Kier molecular flexibility index (Phi) is 9.73. The molecule has 0 aliphatic heterocycles. The molecule has 2 aromatic carbocycles. The molecular weight excluding hydrogens is 488 g/mol. The summed E-state index contributed by atoms with van der Waals surface area (Å²) in [5.74, 6) is -2.30. The lowest BCUT2D eigenvalue weighted by Gasteiger charge is -2.28. The largest absolute Gasteiger partial charge is 0.491 e. The SMILES string of the molecule is C=CC1CCC(/C=C/C2CCC(CCc3c(C)cc(-c4ccc(OCC)c(F)c4F)c(F)c3F)CC2)CC1. The van der Waals surface area contributed by atoms with Crippen LogP contribution in [0.2, 0.25) is 0 Å². The van der Waals surface area contributed by atoms with E-state index in [1.54, 1.807) is 13.8 Å². The molecule has 1 nitrogen and oxygen atoms in total. The zero-order valence-corrected chi connectivity index (χ0v) is 22.7. The van der Waals surface area contributed by atoms with E-state index in [4.69, 9.17) is 4.74 Å². The van der Waals surface area contributed by atoms with Crippen LogP contribution < -0.4 is 4.74 Å². The van der Waals surface area contributed by atoms with E-state index in [2.05, 4.69) is 24.8 Å². The summed E-state index contributed by atoms with van der Waals surface area (Å²) in [5, 5.41) is 0. The van der Waals surface area contributed by atoms with Gasteiger partial charge in [-0.3, -0.25) is 0 Å². The number of rotatable bonds is 9. The van der Waals surface area contributed by atoms with Crippen molar-refractivity contribution in [3.8, 4) is 16.9 Å². The minimum atomic E-state index is -1.24. The molecule has 5 heteroatoms. The van der Waals surface area contributed by atoms with Crippen LogP contribution in [0, 0.1) is 53.9 Å². The molecule has 0 heterocycles. The lowest BCUT2D eigenvalue weighted by atomic mass is 9.77. The number of hydrogen-bond acceptors (Lipinski definition) is 1. The quantitative estimate of drug-likeness (QED) is 0.232. The normalized spacial score (nSPS) is 24.1. The predicted octanol–water partition coefficient (Wildman–Crippen LogP) is 9.90. The van der Waals surface area contributed by atoms with Gasteiger partial charge in [0.2, 0.25) is 5.82 Å². The topological polar surface area (TPSA) is 9.23 Å². The summed E-state index contributed by atoms with van der Waals surface area (Å²) in [7, 11) is 0. The van der Waals surface area contributed by atoms with Gasteiger partial charge in [-0.05, 0) is 131 Å². The molecule has 0 atom stereocenters. The molecule has 2 saturated carbocycles. The maximum absolute atomic E-state index is 15.2. The van der Waals surface area contributed by atoms with Crippen molar-refractivity contribution in [3.63, 3.8) is 0 Å². The summed E-state index contributed by atoms with van der Waals surface area (Å²) in [5.41, 5.74) is 0.302. The first-order chi connectivity index (χ1) is 18.3. The summed E-state index contributed by atoms with van der Waals surface area (Å²) in [4.78, 5) is 0. The number of halogens is 4. The Labute approximate surface area is 225 Å². The number of allylic oxidation sites excluding steroid dienone is 3. The Morgan fingerprint density at radius 2 is 1.37 bits per heavy atom. The van der Waals surface area contributed by atoms with Gasteiger partial charge >= 0.3 is 0 Å². The van der Waals surface area contributed by atoms with Crippen LogP contribution in [0.3, 0.4) is 0 Å². The molecule has 2 aliphatic rings. The maximum Gasteiger partial charge on any atom is 0.201 e. The van der Waals surface area contributed by atoms with Gasteiger partial charge in [0.15, 0.2) is 23.2 Å². The number of aryl methyl sites for hydroxylation is 1. The van der Waals surface area contributed by atoms with Crippen molar-refractivity contribution >= 4 is 0 Å². The summed E-state index contributed by atoms with van der Waals surface area (Å²) in [6.45, 7) is 7.45. The minimum absolute atomic E-state index is 0.169. The van der Waals surface area contributed by atoms with E-state index < -0.39 is 23.3 Å². The lowest BCUT2D eigenvalue weighted by Crippen LogP contribution is -2.15. The summed E-state index contributed by atoms with van der Waals surface area (Å²) in [6.07, 6.45) is 17.7.